The SMILES string of the molecule is C=CC(C)C#Cc1cccc([N+](=O)[O-])c1. The Hall–Kier alpha value is -2.08. The van der Waals surface area contributed by atoms with Crippen LogP contribution in [0, 0.1) is 27.9 Å². The van der Waals surface area contributed by atoms with Gasteiger partial charge in [-0.3, -0.25) is 10.1 Å². The minimum atomic E-state index is -0.428. The molecule has 0 amide bonds. The lowest BCUT2D eigenvalue weighted by molar-refractivity contribution is -0.384. The highest BCUT2D eigenvalue weighted by atomic mass is 16.6. The molecule has 0 radical (unpaired) electrons. The van der Waals surface area contributed by atoms with E-state index in [1.807, 2.05) is 6.92 Å². The Morgan fingerprint density at radius 2 is 2.33 bits per heavy atom. The molecule has 76 valence electrons. The molecule has 3 heteroatoms. The molecule has 0 N–H and O–H groups in total. The van der Waals surface area contributed by atoms with Crippen LogP contribution in [0.5, 0.6) is 0 Å². The lowest BCUT2D eigenvalue weighted by Gasteiger charge is -1.93. The number of rotatable bonds is 2. The minimum Gasteiger partial charge on any atom is -0.258 e. The quantitative estimate of drug-likeness (QED) is 0.319. The molecule has 0 fully saturated rings. The van der Waals surface area contributed by atoms with Gasteiger partial charge in [0.1, 0.15) is 0 Å². The Labute approximate surface area is 88.6 Å². The Balaban J connectivity index is 2.94. The fourth-order valence-electron chi connectivity index (χ4n) is 0.953. The van der Waals surface area contributed by atoms with E-state index in [0.29, 0.717) is 5.56 Å². The molecule has 0 aliphatic rings. The molecule has 0 aliphatic carbocycles. The van der Waals surface area contributed by atoms with Gasteiger partial charge >= 0.3 is 0 Å². The molecular formula is C12H11NO2. The summed E-state index contributed by atoms with van der Waals surface area (Å²) < 4.78 is 0. The maximum Gasteiger partial charge on any atom is 0.270 e. The topological polar surface area (TPSA) is 43.1 Å². The summed E-state index contributed by atoms with van der Waals surface area (Å²) >= 11 is 0. The molecule has 0 spiro atoms. The molecule has 15 heavy (non-hydrogen) atoms. The van der Waals surface area contributed by atoms with Crippen molar-refractivity contribution in [1.29, 1.82) is 0 Å². The zero-order valence-electron chi connectivity index (χ0n) is 8.43. The van der Waals surface area contributed by atoms with E-state index in [1.165, 1.54) is 12.1 Å². The standard InChI is InChI=1S/C12H11NO2/c1-3-10(2)7-8-11-5-4-6-12(9-11)13(14)15/h3-6,9-10H,1H2,2H3. The zero-order valence-corrected chi connectivity index (χ0v) is 8.43. The van der Waals surface area contributed by atoms with E-state index in [0.717, 1.165) is 0 Å². The Kier molecular flexibility index (Phi) is 3.64. The third kappa shape index (κ3) is 3.28. The second kappa shape index (κ2) is 4.97. The number of non-ortho nitro benzene ring substituents is 1. The number of nitrogens with zero attached hydrogens (tertiary/aromatic N) is 1. The highest BCUT2D eigenvalue weighted by Gasteiger charge is 2.03. The number of nitro groups is 1. The van der Waals surface area contributed by atoms with Crippen LogP contribution in [0.3, 0.4) is 0 Å². The van der Waals surface area contributed by atoms with Crippen molar-refractivity contribution >= 4 is 5.69 Å². The van der Waals surface area contributed by atoms with E-state index in [-0.39, 0.29) is 11.6 Å². The molecule has 0 bridgehead atoms. The summed E-state index contributed by atoms with van der Waals surface area (Å²) in [6.45, 7) is 5.52. The smallest absolute Gasteiger partial charge is 0.258 e. The molecule has 1 aromatic rings. The average molecular weight is 201 g/mol. The highest BCUT2D eigenvalue weighted by molar-refractivity contribution is 5.43. The van der Waals surface area contributed by atoms with E-state index in [2.05, 4.69) is 18.4 Å². The maximum atomic E-state index is 10.5. The zero-order chi connectivity index (χ0) is 11.3. The van der Waals surface area contributed by atoms with E-state index < -0.39 is 4.92 Å². The van der Waals surface area contributed by atoms with E-state index >= 15 is 0 Å². The summed E-state index contributed by atoms with van der Waals surface area (Å²) in [6.07, 6.45) is 1.73. The molecule has 0 saturated heterocycles. The third-order valence-corrected chi connectivity index (χ3v) is 1.85. The average Bonchev–Trinajstić information content (AvgIpc) is 2.26. The molecule has 0 heterocycles. The van der Waals surface area contributed by atoms with E-state index in [9.17, 15) is 10.1 Å². The summed E-state index contributed by atoms with van der Waals surface area (Å²) in [5.74, 6) is 5.88. The summed E-state index contributed by atoms with van der Waals surface area (Å²) in [5, 5.41) is 10.5. The van der Waals surface area contributed by atoms with E-state index in [1.54, 1.807) is 18.2 Å². The van der Waals surface area contributed by atoms with Gasteiger partial charge in [0.2, 0.25) is 0 Å². The lowest BCUT2D eigenvalue weighted by Crippen LogP contribution is -1.88. The fourth-order valence-corrected chi connectivity index (χ4v) is 0.953. The van der Waals surface area contributed by atoms with Crippen molar-refractivity contribution in [3.8, 4) is 11.8 Å². The van der Waals surface area contributed by atoms with Gasteiger partial charge in [-0.2, -0.15) is 0 Å². The first-order chi connectivity index (χ1) is 7.13. The molecule has 1 aromatic carbocycles. The predicted molar refractivity (Wildman–Crippen MR) is 59.3 cm³/mol. The van der Waals surface area contributed by atoms with Crippen LogP contribution in [-0.2, 0) is 0 Å². The molecule has 1 rings (SSSR count). The van der Waals surface area contributed by atoms with Crippen LogP contribution in [0.25, 0.3) is 0 Å². The summed E-state index contributed by atoms with van der Waals surface area (Å²) in [6, 6.07) is 6.28. The van der Waals surface area contributed by atoms with Crippen molar-refractivity contribution < 1.29 is 4.92 Å². The molecule has 0 aliphatic heterocycles. The van der Waals surface area contributed by atoms with E-state index in [4.69, 9.17) is 0 Å². The van der Waals surface area contributed by atoms with Crippen molar-refractivity contribution in [1.82, 2.24) is 0 Å². The van der Waals surface area contributed by atoms with Crippen molar-refractivity contribution in [3.63, 3.8) is 0 Å². The Morgan fingerprint density at radius 1 is 1.60 bits per heavy atom. The lowest BCUT2D eigenvalue weighted by atomic mass is 10.1. The maximum absolute atomic E-state index is 10.5. The second-order valence-corrected chi connectivity index (χ2v) is 3.10. The van der Waals surface area contributed by atoms with Crippen LogP contribution < -0.4 is 0 Å². The third-order valence-electron chi connectivity index (χ3n) is 1.85. The van der Waals surface area contributed by atoms with Crippen LogP contribution in [0.1, 0.15) is 12.5 Å². The summed E-state index contributed by atoms with van der Waals surface area (Å²) in [5.41, 5.74) is 0.714. The van der Waals surface area contributed by atoms with Crippen molar-refractivity contribution in [2.45, 2.75) is 6.92 Å². The minimum absolute atomic E-state index is 0.0630. The van der Waals surface area contributed by atoms with Gasteiger partial charge in [-0.05, 0) is 13.0 Å². The molecule has 1 unspecified atom stereocenters. The first kappa shape index (κ1) is 11.0. The van der Waals surface area contributed by atoms with Crippen molar-refractivity contribution in [2.24, 2.45) is 5.92 Å². The van der Waals surface area contributed by atoms with Crippen LogP contribution in [0.4, 0.5) is 5.69 Å². The first-order valence-electron chi connectivity index (χ1n) is 4.52. The van der Waals surface area contributed by atoms with Crippen LogP contribution in [0.2, 0.25) is 0 Å². The predicted octanol–water partition coefficient (Wildman–Crippen LogP) is 2.77. The highest BCUT2D eigenvalue weighted by Crippen LogP contribution is 2.12. The van der Waals surface area contributed by atoms with Crippen LogP contribution >= 0.6 is 0 Å². The number of nitro benzene ring substituents is 1. The number of allylic oxidation sites excluding steroid dienone is 1. The summed E-state index contributed by atoms with van der Waals surface area (Å²) in [4.78, 5) is 10.1. The van der Waals surface area contributed by atoms with Gasteiger partial charge in [-0.25, -0.2) is 0 Å². The van der Waals surface area contributed by atoms with Gasteiger partial charge in [-0.1, -0.05) is 24.0 Å². The molecular weight excluding hydrogens is 190 g/mol. The Bertz CT molecular complexity index is 440. The van der Waals surface area contributed by atoms with Gasteiger partial charge in [0.05, 0.1) is 4.92 Å². The van der Waals surface area contributed by atoms with Crippen LogP contribution in [-0.4, -0.2) is 4.92 Å². The fraction of sp³-hybridized carbons (Fsp3) is 0.167. The van der Waals surface area contributed by atoms with Crippen molar-refractivity contribution in [3.05, 3.63) is 52.6 Å². The molecule has 1 atom stereocenters. The second-order valence-electron chi connectivity index (χ2n) is 3.10. The number of benzene rings is 1. The molecule has 0 aromatic heterocycles. The summed E-state index contributed by atoms with van der Waals surface area (Å²) in [7, 11) is 0. The number of hydrogen-bond donors (Lipinski definition) is 0. The monoisotopic (exact) mass is 201 g/mol. The van der Waals surface area contributed by atoms with Gasteiger partial charge in [0, 0.05) is 23.6 Å². The van der Waals surface area contributed by atoms with Gasteiger partial charge in [-0.15, -0.1) is 6.58 Å². The van der Waals surface area contributed by atoms with Gasteiger partial charge in [0.15, 0.2) is 0 Å². The Morgan fingerprint density at radius 3 is 2.93 bits per heavy atom. The molecule has 0 saturated carbocycles. The van der Waals surface area contributed by atoms with Crippen molar-refractivity contribution in [2.75, 3.05) is 0 Å². The van der Waals surface area contributed by atoms with Crippen LogP contribution in [0.15, 0.2) is 36.9 Å². The first-order valence-corrected chi connectivity index (χ1v) is 4.52. The largest absolute Gasteiger partial charge is 0.270 e. The normalized spacial score (nSPS) is 11.0. The van der Waals surface area contributed by atoms with Gasteiger partial charge in [0.25, 0.3) is 5.69 Å². The number of hydrogen-bond acceptors (Lipinski definition) is 2. The van der Waals surface area contributed by atoms with Gasteiger partial charge < -0.3 is 0 Å². The molecule has 3 nitrogen and oxygen atoms in total.